The lowest BCUT2D eigenvalue weighted by molar-refractivity contribution is 0.0941. The van der Waals surface area contributed by atoms with Crippen molar-refractivity contribution in [3.8, 4) is 0 Å². The normalized spacial score (nSPS) is 10.7. The Kier molecular flexibility index (Phi) is 3.92. The molecule has 0 bridgehead atoms. The molecule has 1 amide bonds. The summed E-state index contributed by atoms with van der Waals surface area (Å²) >= 11 is 5.93. The quantitative estimate of drug-likeness (QED) is 0.753. The summed E-state index contributed by atoms with van der Waals surface area (Å²) in [6.07, 6.45) is 1.58. The van der Waals surface area contributed by atoms with Gasteiger partial charge in [-0.2, -0.15) is 0 Å². The van der Waals surface area contributed by atoms with Gasteiger partial charge in [0, 0.05) is 29.2 Å². The smallest absolute Gasteiger partial charge is 0.257 e. The highest BCUT2D eigenvalue weighted by Crippen LogP contribution is 2.24. The number of fused-ring (bicyclic) bond motifs is 1. The van der Waals surface area contributed by atoms with E-state index in [1.165, 1.54) is 11.5 Å². The first-order valence-corrected chi connectivity index (χ1v) is 7.53. The predicted molar refractivity (Wildman–Crippen MR) is 92.4 cm³/mol. The Morgan fingerprint density at radius 1 is 1.13 bits per heavy atom. The van der Waals surface area contributed by atoms with Crippen LogP contribution in [0.3, 0.4) is 0 Å². The number of nitrogens with zero attached hydrogens (tertiary/aromatic N) is 1. The van der Waals surface area contributed by atoms with E-state index in [0.29, 0.717) is 16.3 Å². The molecule has 3 aromatic rings. The summed E-state index contributed by atoms with van der Waals surface area (Å²) in [6.45, 7) is 3.35. The van der Waals surface area contributed by atoms with Crippen molar-refractivity contribution in [3.63, 3.8) is 0 Å². The van der Waals surface area contributed by atoms with Crippen molar-refractivity contribution in [2.75, 3.05) is 5.32 Å². The summed E-state index contributed by atoms with van der Waals surface area (Å²) in [4.78, 5) is 24.4. The van der Waals surface area contributed by atoms with Crippen LogP contribution in [-0.2, 0) is 0 Å². The number of amides is 1. The molecule has 3 rings (SSSR count). The van der Waals surface area contributed by atoms with E-state index in [9.17, 15) is 9.59 Å². The van der Waals surface area contributed by atoms with Crippen LogP contribution in [0.2, 0.25) is 5.02 Å². The minimum Gasteiger partial charge on any atom is -0.322 e. The molecule has 1 aromatic heterocycles. The number of para-hydroxylation sites is 1. The number of anilines is 1. The van der Waals surface area contributed by atoms with E-state index < -0.39 is 0 Å². The van der Waals surface area contributed by atoms with E-state index in [-0.39, 0.29) is 11.8 Å². The van der Waals surface area contributed by atoms with Crippen LogP contribution in [0.25, 0.3) is 10.9 Å². The van der Waals surface area contributed by atoms with Crippen LogP contribution < -0.4 is 5.32 Å². The number of nitrogens with one attached hydrogen (secondary N) is 1. The Balaban J connectivity index is 2.03. The molecule has 0 spiro atoms. The van der Waals surface area contributed by atoms with Gasteiger partial charge in [-0.3, -0.25) is 14.2 Å². The Morgan fingerprint density at radius 2 is 1.87 bits per heavy atom. The molecule has 0 saturated carbocycles. The number of rotatable bonds is 2. The minimum atomic E-state index is -0.258. The van der Waals surface area contributed by atoms with E-state index in [1.807, 2.05) is 31.2 Å². The third-order valence-electron chi connectivity index (χ3n) is 3.73. The highest BCUT2D eigenvalue weighted by atomic mass is 35.5. The number of halogens is 1. The highest BCUT2D eigenvalue weighted by molar-refractivity contribution is 6.30. The van der Waals surface area contributed by atoms with E-state index in [0.717, 1.165) is 16.5 Å². The molecule has 5 heteroatoms. The fourth-order valence-corrected chi connectivity index (χ4v) is 2.80. The summed E-state index contributed by atoms with van der Waals surface area (Å²) in [5, 5.41) is 4.24. The SMILES string of the molecule is CC(=O)n1cc(C(=O)Nc2ccc(Cl)cc2C)c2ccccc21. The third kappa shape index (κ3) is 2.85. The molecule has 0 aliphatic carbocycles. The van der Waals surface area contributed by atoms with Gasteiger partial charge in [-0.15, -0.1) is 0 Å². The van der Waals surface area contributed by atoms with E-state index in [1.54, 1.807) is 24.4 Å². The van der Waals surface area contributed by atoms with Crippen LogP contribution in [0.5, 0.6) is 0 Å². The highest BCUT2D eigenvalue weighted by Gasteiger charge is 2.17. The zero-order valence-electron chi connectivity index (χ0n) is 12.8. The number of hydrogen-bond acceptors (Lipinski definition) is 2. The van der Waals surface area contributed by atoms with Gasteiger partial charge in [0.1, 0.15) is 0 Å². The number of aromatic nitrogens is 1. The molecule has 1 heterocycles. The predicted octanol–water partition coefficient (Wildman–Crippen LogP) is 4.52. The maximum Gasteiger partial charge on any atom is 0.257 e. The lowest BCUT2D eigenvalue weighted by Crippen LogP contribution is -2.12. The van der Waals surface area contributed by atoms with Crippen molar-refractivity contribution in [3.05, 3.63) is 64.8 Å². The molecular weight excluding hydrogens is 312 g/mol. The average molecular weight is 327 g/mol. The van der Waals surface area contributed by atoms with Gasteiger partial charge < -0.3 is 5.32 Å². The molecule has 2 aromatic carbocycles. The number of aryl methyl sites for hydroxylation is 1. The molecule has 1 N–H and O–H groups in total. The Labute approximate surface area is 138 Å². The summed E-state index contributed by atoms with van der Waals surface area (Å²) in [6, 6.07) is 12.6. The van der Waals surface area contributed by atoms with Gasteiger partial charge in [0.2, 0.25) is 5.91 Å². The molecule has 0 saturated heterocycles. The maximum absolute atomic E-state index is 12.6. The Hall–Kier alpha value is -2.59. The topological polar surface area (TPSA) is 51.1 Å². The fraction of sp³-hybridized carbons (Fsp3) is 0.111. The second-order valence-electron chi connectivity index (χ2n) is 5.36. The van der Waals surface area contributed by atoms with Gasteiger partial charge >= 0.3 is 0 Å². The second-order valence-corrected chi connectivity index (χ2v) is 5.80. The number of benzene rings is 2. The van der Waals surface area contributed by atoms with Gasteiger partial charge in [-0.25, -0.2) is 0 Å². The van der Waals surface area contributed by atoms with Crippen LogP contribution in [0.15, 0.2) is 48.7 Å². The van der Waals surface area contributed by atoms with Gasteiger partial charge in [0.15, 0.2) is 0 Å². The number of carbonyl (C=O) groups is 2. The zero-order chi connectivity index (χ0) is 16.6. The van der Waals surface area contributed by atoms with Crippen LogP contribution in [0.1, 0.15) is 27.6 Å². The van der Waals surface area contributed by atoms with Crippen molar-refractivity contribution in [2.45, 2.75) is 13.8 Å². The monoisotopic (exact) mass is 326 g/mol. The lowest BCUT2D eigenvalue weighted by atomic mass is 10.1. The standard InChI is InChI=1S/C18H15ClN2O2/c1-11-9-13(19)7-8-16(11)20-18(23)15-10-21(12(2)22)17-6-4-3-5-14(15)17/h3-10H,1-2H3,(H,20,23). The van der Waals surface area contributed by atoms with Crippen molar-refractivity contribution >= 4 is 40.0 Å². The largest absolute Gasteiger partial charge is 0.322 e. The van der Waals surface area contributed by atoms with Crippen molar-refractivity contribution in [1.82, 2.24) is 4.57 Å². The van der Waals surface area contributed by atoms with Gasteiger partial charge in [0.05, 0.1) is 11.1 Å². The molecule has 0 aliphatic heterocycles. The first-order valence-electron chi connectivity index (χ1n) is 7.16. The van der Waals surface area contributed by atoms with E-state index >= 15 is 0 Å². The maximum atomic E-state index is 12.6. The summed E-state index contributed by atoms with van der Waals surface area (Å²) in [7, 11) is 0. The molecule has 0 atom stereocenters. The average Bonchev–Trinajstić information content (AvgIpc) is 2.90. The lowest BCUT2D eigenvalue weighted by Gasteiger charge is -2.08. The first-order chi connectivity index (χ1) is 11.0. The number of hydrogen-bond donors (Lipinski definition) is 1. The van der Waals surface area contributed by atoms with Gasteiger partial charge in [-0.1, -0.05) is 29.8 Å². The minimum absolute atomic E-state index is 0.136. The molecule has 0 aliphatic rings. The third-order valence-corrected chi connectivity index (χ3v) is 3.97. The first kappa shape index (κ1) is 15.3. The van der Waals surface area contributed by atoms with Crippen LogP contribution in [-0.4, -0.2) is 16.4 Å². The fourth-order valence-electron chi connectivity index (χ4n) is 2.58. The van der Waals surface area contributed by atoms with Crippen LogP contribution in [0, 0.1) is 6.92 Å². The van der Waals surface area contributed by atoms with Crippen molar-refractivity contribution < 1.29 is 9.59 Å². The summed E-state index contributed by atoms with van der Waals surface area (Å²) < 4.78 is 1.49. The molecule has 0 unspecified atom stereocenters. The van der Waals surface area contributed by atoms with Crippen molar-refractivity contribution in [1.29, 1.82) is 0 Å². The number of carbonyl (C=O) groups excluding carboxylic acids is 2. The van der Waals surface area contributed by atoms with Crippen LogP contribution >= 0.6 is 11.6 Å². The molecule has 116 valence electrons. The summed E-state index contributed by atoms with van der Waals surface area (Å²) in [5.74, 6) is -0.394. The van der Waals surface area contributed by atoms with Crippen LogP contribution in [0.4, 0.5) is 5.69 Å². The summed E-state index contributed by atoms with van der Waals surface area (Å²) in [5.41, 5.74) is 2.75. The molecule has 4 nitrogen and oxygen atoms in total. The van der Waals surface area contributed by atoms with Crippen molar-refractivity contribution in [2.24, 2.45) is 0 Å². The molecular formula is C18H15ClN2O2. The zero-order valence-corrected chi connectivity index (χ0v) is 13.5. The second kappa shape index (κ2) is 5.89. The molecule has 0 fully saturated rings. The Bertz CT molecular complexity index is 928. The van der Waals surface area contributed by atoms with E-state index in [2.05, 4.69) is 5.32 Å². The Morgan fingerprint density at radius 3 is 2.57 bits per heavy atom. The van der Waals surface area contributed by atoms with Gasteiger partial charge in [0.25, 0.3) is 5.91 Å². The van der Waals surface area contributed by atoms with E-state index in [4.69, 9.17) is 11.6 Å². The van der Waals surface area contributed by atoms with Gasteiger partial charge in [-0.05, 0) is 36.8 Å². The molecule has 0 radical (unpaired) electrons. The molecule has 23 heavy (non-hydrogen) atoms.